The van der Waals surface area contributed by atoms with E-state index in [4.69, 9.17) is 16.3 Å². The van der Waals surface area contributed by atoms with Crippen molar-refractivity contribution >= 4 is 23.0 Å². The van der Waals surface area contributed by atoms with E-state index in [1.807, 2.05) is 23.1 Å². The van der Waals surface area contributed by atoms with Gasteiger partial charge in [0, 0.05) is 49.7 Å². The van der Waals surface area contributed by atoms with Gasteiger partial charge in [0.2, 0.25) is 5.67 Å². The second-order valence-corrected chi connectivity index (χ2v) is 8.29. The van der Waals surface area contributed by atoms with Gasteiger partial charge in [0.05, 0.1) is 30.6 Å². The Hall–Kier alpha value is -2.65. The summed E-state index contributed by atoms with van der Waals surface area (Å²) in [6.07, 6.45) is 8.75. The highest BCUT2D eigenvalue weighted by molar-refractivity contribution is 6.34. The number of carbonyl (C=O) groups excluding carboxylic acids is 1. The number of fused-ring (bicyclic) bond motifs is 1. The van der Waals surface area contributed by atoms with Crippen molar-refractivity contribution < 1.29 is 13.9 Å². The largest absolute Gasteiger partial charge is 0.494 e. The van der Waals surface area contributed by atoms with Crippen LogP contribution >= 0.6 is 11.6 Å². The van der Waals surface area contributed by atoms with E-state index in [-0.39, 0.29) is 25.0 Å². The number of rotatable bonds is 4. The van der Waals surface area contributed by atoms with Gasteiger partial charge in [-0.3, -0.25) is 9.48 Å². The summed E-state index contributed by atoms with van der Waals surface area (Å²) in [5.41, 5.74) is 0.844. The van der Waals surface area contributed by atoms with Crippen LogP contribution in [0.25, 0.3) is 16.6 Å². The van der Waals surface area contributed by atoms with Gasteiger partial charge in [-0.25, -0.2) is 8.91 Å². The minimum absolute atomic E-state index is 0.115. The summed E-state index contributed by atoms with van der Waals surface area (Å²) in [6, 6.07) is 2.08. The molecule has 10 heteroatoms. The maximum Gasteiger partial charge on any atom is 0.262 e. The maximum atomic E-state index is 14.4. The van der Waals surface area contributed by atoms with Gasteiger partial charge in [0.25, 0.3) is 5.91 Å². The number of ether oxygens (including phenoxy) is 1. The van der Waals surface area contributed by atoms with E-state index >= 15 is 0 Å². The summed E-state index contributed by atoms with van der Waals surface area (Å²) < 4.78 is 23.5. The third kappa shape index (κ3) is 3.13. The van der Waals surface area contributed by atoms with E-state index in [1.54, 1.807) is 28.9 Å². The molecule has 2 saturated heterocycles. The molecule has 0 aliphatic carbocycles. The molecule has 2 aliphatic heterocycles. The lowest BCUT2D eigenvalue weighted by atomic mass is 9.95. The van der Waals surface area contributed by atoms with Gasteiger partial charge in [-0.15, -0.1) is 0 Å². The zero-order chi connectivity index (χ0) is 20.9. The SMILES string of the molecule is COc1cc(-c2cnn(C3CCN(C(=O)C4(F)CNC4)CC3)c2)cn2ncc(Cl)c12. The highest BCUT2D eigenvalue weighted by Crippen LogP contribution is 2.33. The van der Waals surface area contributed by atoms with Crippen molar-refractivity contribution in [3.63, 3.8) is 0 Å². The molecule has 0 spiro atoms. The fourth-order valence-corrected chi connectivity index (χ4v) is 4.38. The first-order valence-corrected chi connectivity index (χ1v) is 10.3. The Morgan fingerprint density at radius 2 is 2.00 bits per heavy atom. The molecule has 3 aromatic rings. The molecule has 1 amide bonds. The molecule has 8 nitrogen and oxygen atoms in total. The van der Waals surface area contributed by atoms with Crippen LogP contribution in [0, 0.1) is 0 Å². The molecular formula is C20H22ClFN6O2. The first-order valence-electron chi connectivity index (χ1n) is 9.93. The summed E-state index contributed by atoms with van der Waals surface area (Å²) in [5, 5.41) is 12.2. The number of piperidine rings is 1. The summed E-state index contributed by atoms with van der Waals surface area (Å²) >= 11 is 6.20. The molecule has 2 aliphatic rings. The van der Waals surface area contributed by atoms with E-state index in [9.17, 15) is 9.18 Å². The van der Waals surface area contributed by atoms with Crippen molar-refractivity contribution in [3.05, 3.63) is 35.9 Å². The van der Waals surface area contributed by atoms with Crippen molar-refractivity contribution in [1.82, 2.24) is 29.6 Å². The molecule has 5 heterocycles. The normalized spacial score (nSPS) is 19.1. The average molecular weight is 433 g/mol. The monoisotopic (exact) mass is 432 g/mol. The Kier molecular flexibility index (Phi) is 4.67. The number of amides is 1. The highest BCUT2D eigenvalue weighted by atomic mass is 35.5. The Morgan fingerprint density at radius 3 is 2.67 bits per heavy atom. The van der Waals surface area contributed by atoms with Crippen molar-refractivity contribution in [2.45, 2.75) is 24.6 Å². The fourth-order valence-electron chi connectivity index (χ4n) is 4.16. The molecule has 0 radical (unpaired) electrons. The first-order chi connectivity index (χ1) is 14.5. The second-order valence-electron chi connectivity index (χ2n) is 7.88. The third-order valence-corrected chi connectivity index (χ3v) is 6.28. The summed E-state index contributed by atoms with van der Waals surface area (Å²) in [7, 11) is 1.60. The Labute approximate surface area is 177 Å². The third-order valence-electron chi connectivity index (χ3n) is 6.01. The summed E-state index contributed by atoms with van der Waals surface area (Å²) in [4.78, 5) is 14.0. The zero-order valence-corrected chi connectivity index (χ0v) is 17.3. The maximum absolute atomic E-state index is 14.4. The number of nitrogens with zero attached hydrogens (tertiary/aromatic N) is 5. The molecular weight excluding hydrogens is 411 g/mol. The van der Waals surface area contributed by atoms with Crippen LogP contribution in [-0.4, -0.2) is 69.2 Å². The molecule has 30 heavy (non-hydrogen) atoms. The van der Waals surface area contributed by atoms with E-state index in [2.05, 4.69) is 15.5 Å². The van der Waals surface area contributed by atoms with Crippen LogP contribution in [0.5, 0.6) is 5.75 Å². The molecule has 0 atom stereocenters. The number of pyridine rings is 1. The van der Waals surface area contributed by atoms with Crippen molar-refractivity contribution in [1.29, 1.82) is 0 Å². The predicted molar refractivity (Wildman–Crippen MR) is 110 cm³/mol. The van der Waals surface area contributed by atoms with Gasteiger partial charge in [0.1, 0.15) is 11.3 Å². The number of likely N-dealkylation sites (tertiary alicyclic amines) is 1. The number of nitrogens with one attached hydrogen (secondary N) is 1. The predicted octanol–water partition coefficient (Wildman–Crippen LogP) is 2.33. The molecule has 0 unspecified atom stereocenters. The Bertz CT molecular complexity index is 1100. The van der Waals surface area contributed by atoms with Crippen molar-refractivity contribution in [2.24, 2.45) is 0 Å². The Balaban J connectivity index is 1.32. The number of alkyl halides is 1. The highest BCUT2D eigenvalue weighted by Gasteiger charge is 2.47. The van der Waals surface area contributed by atoms with E-state index < -0.39 is 5.67 Å². The molecule has 3 aromatic heterocycles. The van der Waals surface area contributed by atoms with Crippen LogP contribution in [0.3, 0.4) is 0 Å². The number of aromatic nitrogens is 4. The van der Waals surface area contributed by atoms with Crippen LogP contribution < -0.4 is 10.1 Å². The Morgan fingerprint density at radius 1 is 1.23 bits per heavy atom. The second kappa shape index (κ2) is 7.24. The standard InChI is InChI=1S/C20H22ClFN6O2/c1-30-17-6-13(9-28-18(17)16(21)8-25-28)14-7-24-27(10-14)15-2-4-26(5-3-15)19(29)20(22)11-23-12-20/h6-10,15,23H,2-5,11-12H2,1H3. The van der Waals surface area contributed by atoms with E-state index in [1.165, 1.54) is 0 Å². The first kappa shape index (κ1) is 19.3. The summed E-state index contributed by atoms with van der Waals surface area (Å²) in [6.45, 7) is 1.30. The molecule has 0 saturated carbocycles. The van der Waals surface area contributed by atoms with Crippen molar-refractivity contribution in [2.75, 3.05) is 33.3 Å². The lowest BCUT2D eigenvalue weighted by Crippen LogP contribution is -2.65. The fraction of sp³-hybridized carbons (Fsp3) is 0.450. The lowest BCUT2D eigenvalue weighted by molar-refractivity contribution is -0.148. The minimum Gasteiger partial charge on any atom is -0.494 e. The van der Waals surface area contributed by atoms with E-state index in [0.717, 1.165) is 29.5 Å². The molecule has 158 valence electrons. The molecule has 0 bridgehead atoms. The van der Waals surface area contributed by atoms with Gasteiger partial charge >= 0.3 is 0 Å². The van der Waals surface area contributed by atoms with Gasteiger partial charge in [-0.1, -0.05) is 11.6 Å². The quantitative estimate of drug-likeness (QED) is 0.684. The molecule has 5 rings (SSSR count). The summed E-state index contributed by atoms with van der Waals surface area (Å²) in [5.74, 6) is 0.249. The minimum atomic E-state index is -1.72. The van der Waals surface area contributed by atoms with Gasteiger partial charge in [0.15, 0.2) is 0 Å². The van der Waals surface area contributed by atoms with Crippen molar-refractivity contribution in [3.8, 4) is 16.9 Å². The number of carbonyl (C=O) groups is 1. The van der Waals surface area contributed by atoms with E-state index in [0.29, 0.717) is 23.9 Å². The van der Waals surface area contributed by atoms with Gasteiger partial charge < -0.3 is 15.0 Å². The van der Waals surface area contributed by atoms with Crippen LogP contribution in [0.15, 0.2) is 30.9 Å². The number of halogens is 2. The molecule has 2 fully saturated rings. The topological polar surface area (TPSA) is 76.7 Å². The van der Waals surface area contributed by atoms with Gasteiger partial charge in [-0.05, 0) is 18.9 Å². The molecule has 1 N–H and O–H groups in total. The smallest absolute Gasteiger partial charge is 0.262 e. The number of methoxy groups -OCH3 is 1. The number of hydrogen-bond acceptors (Lipinski definition) is 5. The number of hydrogen-bond donors (Lipinski definition) is 1. The van der Waals surface area contributed by atoms with Crippen LogP contribution in [0.1, 0.15) is 18.9 Å². The average Bonchev–Trinajstić information content (AvgIpc) is 3.38. The van der Waals surface area contributed by atoms with Crippen LogP contribution in [0.2, 0.25) is 5.02 Å². The zero-order valence-electron chi connectivity index (χ0n) is 16.5. The molecule has 0 aromatic carbocycles. The van der Waals surface area contributed by atoms with Crippen LogP contribution in [0.4, 0.5) is 4.39 Å². The van der Waals surface area contributed by atoms with Gasteiger partial charge in [-0.2, -0.15) is 10.2 Å². The lowest BCUT2D eigenvalue weighted by Gasteiger charge is -2.40. The van der Waals surface area contributed by atoms with Crippen LogP contribution in [-0.2, 0) is 4.79 Å².